The number of nitrogens with zero attached hydrogens (tertiary/aromatic N) is 2. The minimum Gasteiger partial charge on any atom is -0.349 e. The predicted octanol–water partition coefficient (Wildman–Crippen LogP) is -1.46. The van der Waals surface area contributed by atoms with Crippen LogP contribution >= 0.6 is 0 Å². The standard InChI is InChI=1S/C8H13N5O3S/c1-17(15,16)13-7-6(10-4-5-11-7)8(14)12-3-2-9/h4-5H,2-3,9H2,1H3,(H,11,13)(H,12,14). The fourth-order valence-electron chi connectivity index (χ4n) is 1.02. The largest absolute Gasteiger partial charge is 0.349 e. The summed E-state index contributed by atoms with van der Waals surface area (Å²) in [6.45, 7) is 0.550. The molecule has 0 spiro atoms. The number of hydrogen-bond donors (Lipinski definition) is 3. The lowest BCUT2D eigenvalue weighted by Crippen LogP contribution is -2.30. The van der Waals surface area contributed by atoms with Gasteiger partial charge in [0.05, 0.1) is 6.26 Å². The average Bonchev–Trinajstić information content (AvgIpc) is 2.24. The molecule has 0 aliphatic carbocycles. The molecule has 0 atom stereocenters. The summed E-state index contributed by atoms with van der Waals surface area (Å²) in [5.41, 5.74) is 5.14. The molecule has 0 unspecified atom stereocenters. The molecule has 9 heteroatoms. The second-order valence-electron chi connectivity index (χ2n) is 3.17. The van der Waals surface area contributed by atoms with Gasteiger partial charge in [0.2, 0.25) is 10.0 Å². The monoisotopic (exact) mass is 259 g/mol. The molecule has 0 fully saturated rings. The van der Waals surface area contributed by atoms with E-state index in [2.05, 4.69) is 20.0 Å². The van der Waals surface area contributed by atoms with Crippen molar-refractivity contribution < 1.29 is 13.2 Å². The van der Waals surface area contributed by atoms with Gasteiger partial charge in [-0.25, -0.2) is 18.4 Å². The van der Waals surface area contributed by atoms with Gasteiger partial charge in [0.1, 0.15) is 0 Å². The first-order valence-electron chi connectivity index (χ1n) is 4.71. The predicted molar refractivity (Wildman–Crippen MR) is 61.9 cm³/mol. The molecule has 1 aromatic heterocycles. The number of rotatable bonds is 5. The number of amides is 1. The number of sulfonamides is 1. The summed E-state index contributed by atoms with van der Waals surface area (Å²) in [4.78, 5) is 19.1. The summed E-state index contributed by atoms with van der Waals surface area (Å²) in [6.07, 6.45) is 3.54. The number of nitrogens with two attached hydrogens (primary N) is 1. The van der Waals surface area contributed by atoms with Crippen LogP contribution in [0.4, 0.5) is 5.82 Å². The van der Waals surface area contributed by atoms with Crippen molar-refractivity contribution in [1.29, 1.82) is 0 Å². The molecule has 1 amide bonds. The summed E-state index contributed by atoms with van der Waals surface area (Å²) in [5, 5.41) is 2.47. The zero-order chi connectivity index (χ0) is 12.9. The van der Waals surface area contributed by atoms with Crippen LogP contribution in [0.15, 0.2) is 12.4 Å². The molecule has 0 aliphatic heterocycles. The smallest absolute Gasteiger partial charge is 0.273 e. The van der Waals surface area contributed by atoms with Crippen molar-refractivity contribution in [2.75, 3.05) is 24.1 Å². The van der Waals surface area contributed by atoms with Crippen molar-refractivity contribution >= 4 is 21.7 Å². The zero-order valence-corrected chi connectivity index (χ0v) is 9.99. The Labute approximate surface area is 98.7 Å². The molecule has 0 aliphatic rings. The Morgan fingerprint density at radius 2 is 2.06 bits per heavy atom. The normalized spacial score (nSPS) is 10.9. The Kier molecular flexibility index (Phi) is 4.35. The Bertz CT molecular complexity index is 502. The first-order valence-corrected chi connectivity index (χ1v) is 6.60. The molecular weight excluding hydrogens is 246 g/mol. The van der Waals surface area contributed by atoms with Crippen LogP contribution in [0.1, 0.15) is 10.5 Å². The second kappa shape index (κ2) is 5.55. The quantitative estimate of drug-likeness (QED) is 0.593. The van der Waals surface area contributed by atoms with Crippen molar-refractivity contribution in [2.45, 2.75) is 0 Å². The van der Waals surface area contributed by atoms with E-state index < -0.39 is 15.9 Å². The number of hydrogen-bond acceptors (Lipinski definition) is 6. The lowest BCUT2D eigenvalue weighted by atomic mass is 10.4. The van der Waals surface area contributed by atoms with Crippen LogP contribution in [0.2, 0.25) is 0 Å². The van der Waals surface area contributed by atoms with E-state index in [0.717, 1.165) is 6.26 Å². The second-order valence-corrected chi connectivity index (χ2v) is 4.92. The van der Waals surface area contributed by atoms with E-state index in [1.807, 2.05) is 0 Å². The van der Waals surface area contributed by atoms with Gasteiger partial charge in [-0.05, 0) is 0 Å². The van der Waals surface area contributed by atoms with Crippen LogP contribution in [0.25, 0.3) is 0 Å². The Hall–Kier alpha value is -1.74. The van der Waals surface area contributed by atoms with Gasteiger partial charge in [-0.2, -0.15) is 0 Å². The Balaban J connectivity index is 2.95. The van der Waals surface area contributed by atoms with Crippen molar-refractivity contribution in [1.82, 2.24) is 15.3 Å². The van der Waals surface area contributed by atoms with E-state index in [0.29, 0.717) is 0 Å². The maximum atomic E-state index is 11.6. The van der Waals surface area contributed by atoms with Crippen LogP contribution in [-0.2, 0) is 10.0 Å². The van der Waals surface area contributed by atoms with Crippen LogP contribution in [0, 0.1) is 0 Å². The van der Waals surface area contributed by atoms with E-state index in [9.17, 15) is 13.2 Å². The molecule has 1 rings (SSSR count). The molecule has 0 radical (unpaired) electrons. The SMILES string of the molecule is CS(=O)(=O)Nc1nccnc1C(=O)NCCN. The van der Waals surface area contributed by atoms with Crippen molar-refractivity contribution in [3.8, 4) is 0 Å². The Morgan fingerprint density at radius 1 is 1.41 bits per heavy atom. The number of carbonyl (C=O) groups is 1. The molecule has 0 bridgehead atoms. The molecular formula is C8H13N5O3S. The number of anilines is 1. The van der Waals surface area contributed by atoms with Gasteiger partial charge >= 0.3 is 0 Å². The van der Waals surface area contributed by atoms with Gasteiger partial charge in [-0.3, -0.25) is 9.52 Å². The first kappa shape index (κ1) is 13.3. The molecule has 1 heterocycles. The first-order chi connectivity index (χ1) is 7.94. The van der Waals surface area contributed by atoms with E-state index in [1.165, 1.54) is 12.4 Å². The summed E-state index contributed by atoms with van der Waals surface area (Å²) >= 11 is 0. The highest BCUT2D eigenvalue weighted by molar-refractivity contribution is 7.92. The number of aromatic nitrogens is 2. The van der Waals surface area contributed by atoms with Gasteiger partial charge in [0.15, 0.2) is 11.5 Å². The third kappa shape index (κ3) is 4.33. The van der Waals surface area contributed by atoms with Gasteiger partial charge < -0.3 is 11.1 Å². The summed E-state index contributed by atoms with van der Waals surface area (Å²) in [6, 6.07) is 0. The molecule has 0 aromatic carbocycles. The van der Waals surface area contributed by atoms with Crippen LogP contribution in [0.3, 0.4) is 0 Å². The fraction of sp³-hybridized carbons (Fsp3) is 0.375. The van der Waals surface area contributed by atoms with E-state index in [4.69, 9.17) is 5.73 Å². The van der Waals surface area contributed by atoms with Crippen LogP contribution in [0.5, 0.6) is 0 Å². The summed E-state index contributed by atoms with van der Waals surface area (Å²) < 4.78 is 24.2. The third-order valence-corrected chi connectivity index (χ3v) is 2.19. The maximum absolute atomic E-state index is 11.6. The summed E-state index contributed by atoms with van der Waals surface area (Å²) in [5.74, 6) is -0.640. The molecule has 1 aromatic rings. The van der Waals surface area contributed by atoms with E-state index >= 15 is 0 Å². The topological polar surface area (TPSA) is 127 Å². The van der Waals surface area contributed by atoms with Crippen LogP contribution in [-0.4, -0.2) is 43.6 Å². The molecule has 0 saturated carbocycles. The number of nitrogens with one attached hydrogen (secondary N) is 2. The molecule has 4 N–H and O–H groups in total. The third-order valence-electron chi connectivity index (χ3n) is 1.63. The van der Waals surface area contributed by atoms with Crippen molar-refractivity contribution in [2.24, 2.45) is 5.73 Å². The van der Waals surface area contributed by atoms with Crippen molar-refractivity contribution in [3.05, 3.63) is 18.1 Å². The van der Waals surface area contributed by atoms with Crippen molar-refractivity contribution in [3.63, 3.8) is 0 Å². The Morgan fingerprint density at radius 3 is 2.65 bits per heavy atom. The average molecular weight is 259 g/mol. The highest BCUT2D eigenvalue weighted by Crippen LogP contribution is 2.09. The van der Waals surface area contributed by atoms with E-state index in [1.54, 1.807) is 0 Å². The zero-order valence-electron chi connectivity index (χ0n) is 9.17. The molecule has 0 saturated heterocycles. The molecule has 8 nitrogen and oxygen atoms in total. The van der Waals surface area contributed by atoms with Gasteiger partial charge in [-0.15, -0.1) is 0 Å². The highest BCUT2D eigenvalue weighted by Gasteiger charge is 2.16. The highest BCUT2D eigenvalue weighted by atomic mass is 32.2. The fourth-order valence-corrected chi connectivity index (χ4v) is 1.52. The van der Waals surface area contributed by atoms with E-state index in [-0.39, 0.29) is 24.6 Å². The van der Waals surface area contributed by atoms with Crippen LogP contribution < -0.4 is 15.8 Å². The number of carbonyl (C=O) groups excluding carboxylic acids is 1. The van der Waals surface area contributed by atoms with Gasteiger partial charge in [0, 0.05) is 25.5 Å². The molecule has 94 valence electrons. The minimum absolute atomic E-state index is 0.0913. The molecule has 17 heavy (non-hydrogen) atoms. The van der Waals surface area contributed by atoms with Gasteiger partial charge in [-0.1, -0.05) is 0 Å². The summed E-state index contributed by atoms with van der Waals surface area (Å²) in [7, 11) is -3.51. The lowest BCUT2D eigenvalue weighted by molar-refractivity contribution is 0.0950. The van der Waals surface area contributed by atoms with Gasteiger partial charge in [0.25, 0.3) is 5.91 Å². The maximum Gasteiger partial charge on any atom is 0.273 e. The lowest BCUT2D eigenvalue weighted by Gasteiger charge is -2.08. The minimum atomic E-state index is -3.51.